The summed E-state index contributed by atoms with van der Waals surface area (Å²) in [6.07, 6.45) is 0.583. The fourth-order valence-corrected chi connectivity index (χ4v) is 8.28. The minimum absolute atomic E-state index is 0.0173. The number of nitrogens with zero attached hydrogens (tertiary/aromatic N) is 3. The molecule has 2 aromatic carbocycles. The molecule has 51 heavy (non-hydrogen) atoms. The van der Waals surface area contributed by atoms with E-state index in [1.807, 2.05) is 65.0 Å². The van der Waals surface area contributed by atoms with Crippen LogP contribution in [0, 0.1) is 11.8 Å². The van der Waals surface area contributed by atoms with Crippen LogP contribution in [0.3, 0.4) is 0 Å². The summed E-state index contributed by atoms with van der Waals surface area (Å²) in [5.41, 5.74) is 2.06. The molecule has 1 aliphatic heterocycles. The first kappa shape index (κ1) is 39.9. The van der Waals surface area contributed by atoms with E-state index in [-0.39, 0.29) is 48.1 Å². The zero-order valence-corrected chi connectivity index (χ0v) is 31.9. The molecule has 1 saturated heterocycles. The number of aromatic nitrogens is 1. The number of ether oxygens (including phenoxy) is 1. The molecule has 12 nitrogen and oxygen atoms in total. The van der Waals surface area contributed by atoms with Gasteiger partial charge in [-0.05, 0) is 60.4 Å². The number of amides is 3. The summed E-state index contributed by atoms with van der Waals surface area (Å²) in [6.45, 7) is 10.2. The Balaban J connectivity index is 1.49. The average Bonchev–Trinajstić information content (AvgIpc) is 3.70. The number of methoxy groups -OCH3 is 1. The third-order valence-electron chi connectivity index (χ3n) is 8.74. The van der Waals surface area contributed by atoms with Crippen LogP contribution in [0.2, 0.25) is 0 Å². The molecule has 0 saturated carbocycles. The van der Waals surface area contributed by atoms with Gasteiger partial charge in [0.05, 0.1) is 36.4 Å². The second kappa shape index (κ2) is 18.1. The molecular formula is C37H51N5O7S2. The van der Waals surface area contributed by atoms with Crippen LogP contribution in [0.25, 0.3) is 0 Å². The third kappa shape index (κ3) is 10.6. The largest absolute Gasteiger partial charge is 0.497 e. The molecule has 3 N–H and O–H groups in total. The van der Waals surface area contributed by atoms with Crippen molar-refractivity contribution in [2.75, 3.05) is 26.7 Å². The van der Waals surface area contributed by atoms with Crippen LogP contribution in [0.15, 0.2) is 58.8 Å². The molecule has 2 heterocycles. The first-order valence-electron chi connectivity index (χ1n) is 17.5. The van der Waals surface area contributed by atoms with Gasteiger partial charge in [-0.15, -0.1) is 11.3 Å². The fraction of sp³-hybridized carbons (Fsp3) is 0.514. The molecule has 3 aromatic rings. The minimum Gasteiger partial charge on any atom is -0.497 e. The van der Waals surface area contributed by atoms with Gasteiger partial charge in [0.1, 0.15) is 11.8 Å². The Morgan fingerprint density at radius 1 is 1.06 bits per heavy atom. The van der Waals surface area contributed by atoms with E-state index >= 15 is 0 Å². The summed E-state index contributed by atoms with van der Waals surface area (Å²) in [7, 11) is -2.52. The van der Waals surface area contributed by atoms with Crippen molar-refractivity contribution in [1.29, 1.82) is 0 Å². The van der Waals surface area contributed by atoms with Crippen molar-refractivity contribution in [3.63, 3.8) is 0 Å². The van der Waals surface area contributed by atoms with Crippen molar-refractivity contribution in [3.05, 3.63) is 75.7 Å². The van der Waals surface area contributed by atoms with E-state index in [1.165, 1.54) is 29.4 Å². The molecule has 0 radical (unpaired) electrons. The smallest absolute Gasteiger partial charge is 0.321 e. The number of rotatable bonds is 19. The molecule has 4 rings (SSSR count). The maximum absolute atomic E-state index is 14.0. The van der Waals surface area contributed by atoms with Crippen LogP contribution in [0.1, 0.15) is 74.1 Å². The van der Waals surface area contributed by atoms with Gasteiger partial charge in [0.2, 0.25) is 15.9 Å². The molecule has 3 atom stereocenters. The fourth-order valence-electron chi connectivity index (χ4n) is 6.23. The summed E-state index contributed by atoms with van der Waals surface area (Å²) in [5, 5.41) is 16.6. The van der Waals surface area contributed by atoms with Gasteiger partial charge < -0.3 is 25.0 Å². The monoisotopic (exact) mass is 741 g/mol. The van der Waals surface area contributed by atoms with Gasteiger partial charge in [-0.25, -0.2) is 22.9 Å². The number of thiazole rings is 1. The van der Waals surface area contributed by atoms with Gasteiger partial charge in [0.25, 0.3) is 0 Å². The van der Waals surface area contributed by atoms with Gasteiger partial charge in [-0.1, -0.05) is 65.0 Å². The third-order valence-corrected chi connectivity index (χ3v) is 11.2. The van der Waals surface area contributed by atoms with Gasteiger partial charge in [0, 0.05) is 31.4 Å². The molecule has 14 heteroatoms. The molecule has 0 aliphatic carbocycles. The summed E-state index contributed by atoms with van der Waals surface area (Å²) >= 11 is 1.27. The Morgan fingerprint density at radius 2 is 1.78 bits per heavy atom. The Morgan fingerprint density at radius 3 is 2.43 bits per heavy atom. The number of benzene rings is 2. The van der Waals surface area contributed by atoms with Crippen LogP contribution in [0.4, 0.5) is 4.79 Å². The summed E-state index contributed by atoms with van der Waals surface area (Å²) in [6, 6.07) is 12.0. The van der Waals surface area contributed by atoms with Gasteiger partial charge >= 0.3 is 6.03 Å². The highest BCUT2D eigenvalue weighted by molar-refractivity contribution is 7.89. The number of aliphatic hydroxyl groups is 1. The van der Waals surface area contributed by atoms with E-state index in [9.17, 15) is 27.9 Å². The number of hydrogen-bond donors (Lipinski definition) is 3. The molecule has 1 aliphatic rings. The molecular weight excluding hydrogens is 691 g/mol. The summed E-state index contributed by atoms with van der Waals surface area (Å²) in [5.74, 6) is 0.00136. The van der Waals surface area contributed by atoms with E-state index in [0.717, 1.165) is 12.0 Å². The van der Waals surface area contributed by atoms with Crippen LogP contribution in [0.5, 0.6) is 5.75 Å². The maximum Gasteiger partial charge on any atom is 0.321 e. The minimum atomic E-state index is -4.04. The summed E-state index contributed by atoms with van der Waals surface area (Å²) < 4.78 is 35.0. The molecule has 3 amide bonds. The van der Waals surface area contributed by atoms with Gasteiger partial charge in [-0.3, -0.25) is 9.59 Å². The lowest BCUT2D eigenvalue weighted by molar-refractivity contribution is -0.128. The Hall–Kier alpha value is -3.85. The van der Waals surface area contributed by atoms with Crippen LogP contribution in [-0.2, 0) is 34.2 Å². The first-order valence-corrected chi connectivity index (χ1v) is 19.8. The molecule has 1 aromatic heterocycles. The van der Waals surface area contributed by atoms with Crippen molar-refractivity contribution in [1.82, 2.24) is 24.8 Å². The number of carbonyl (C=O) groups excluding carboxylic acids is 3. The zero-order valence-electron chi connectivity index (χ0n) is 30.3. The number of carbonyl (C=O) groups is 3. The molecule has 0 unspecified atom stereocenters. The standard InChI is InChI=1S/C37H51N5O7S2/c1-7-11-31(43)36-39-28(23-50-36)22-41-16-17-42(37(41)46)34(25(4)5)35(45)40-30(19-26-12-9-8-10-13-26)32(44)21-38-51(47,48)33-15-14-29(49-6)20-27(33)18-24(2)3/h8-10,12-15,20,23-25,30,32,34,38,44H,7,11,16-19,21-22H2,1-6H3,(H,40,45)/t30-,32+,34-/m0/s1. The lowest BCUT2D eigenvalue weighted by atomic mass is 9.98. The normalized spacial score (nSPS) is 15.4. The van der Waals surface area contributed by atoms with E-state index in [2.05, 4.69) is 15.0 Å². The van der Waals surface area contributed by atoms with Crippen molar-refractivity contribution < 1.29 is 32.6 Å². The Kier molecular flexibility index (Phi) is 14.1. The zero-order chi connectivity index (χ0) is 37.3. The highest BCUT2D eigenvalue weighted by Crippen LogP contribution is 2.25. The molecule has 278 valence electrons. The number of aliphatic hydroxyl groups excluding tert-OH is 1. The SMILES string of the molecule is CCCC(=O)c1nc(CN2CCN([C@H](C(=O)N[C@@H](Cc3ccccc3)[C@H](O)CNS(=O)(=O)c3ccc(OC)cc3CC(C)C)C(C)C)C2=O)cs1. The molecule has 1 fully saturated rings. The van der Waals surface area contributed by atoms with Crippen LogP contribution >= 0.6 is 11.3 Å². The maximum atomic E-state index is 14.0. The first-order chi connectivity index (χ1) is 24.2. The van der Waals surface area contributed by atoms with Crippen molar-refractivity contribution in [3.8, 4) is 5.75 Å². The van der Waals surface area contributed by atoms with Crippen molar-refractivity contribution in [2.24, 2.45) is 11.8 Å². The number of nitrogens with one attached hydrogen (secondary N) is 2. The molecule has 0 spiro atoms. The topological polar surface area (TPSA) is 158 Å². The van der Waals surface area contributed by atoms with Crippen molar-refractivity contribution in [2.45, 2.75) is 89.9 Å². The average molecular weight is 742 g/mol. The number of hydrogen-bond acceptors (Lipinski definition) is 9. The van der Waals surface area contributed by atoms with Crippen molar-refractivity contribution >= 4 is 39.1 Å². The van der Waals surface area contributed by atoms with E-state index < -0.39 is 34.1 Å². The Bertz CT molecular complexity index is 1750. The predicted octanol–water partition coefficient (Wildman–Crippen LogP) is 4.66. The van der Waals surface area contributed by atoms with Crippen LogP contribution in [-0.4, -0.2) is 91.0 Å². The van der Waals surface area contributed by atoms with E-state index in [4.69, 9.17) is 4.74 Å². The van der Waals surface area contributed by atoms with Crippen LogP contribution < -0.4 is 14.8 Å². The number of ketones is 1. The Labute approximate surface area is 305 Å². The lowest BCUT2D eigenvalue weighted by Crippen LogP contribution is -2.57. The highest BCUT2D eigenvalue weighted by atomic mass is 32.2. The lowest BCUT2D eigenvalue weighted by Gasteiger charge is -2.33. The second-order valence-corrected chi connectivity index (χ2v) is 16.3. The molecule has 0 bridgehead atoms. The van der Waals surface area contributed by atoms with Gasteiger partial charge in [0.15, 0.2) is 10.8 Å². The number of urea groups is 1. The van der Waals surface area contributed by atoms with Gasteiger partial charge in [-0.2, -0.15) is 0 Å². The quantitative estimate of drug-likeness (QED) is 0.150. The summed E-state index contributed by atoms with van der Waals surface area (Å²) in [4.78, 5) is 47.6. The van der Waals surface area contributed by atoms with E-state index in [1.54, 1.807) is 22.4 Å². The second-order valence-electron chi connectivity index (χ2n) is 13.7. The number of Topliss-reactive ketones (excluding diaryl/α,β-unsaturated/α-hetero) is 1. The predicted molar refractivity (Wildman–Crippen MR) is 197 cm³/mol. The highest BCUT2D eigenvalue weighted by Gasteiger charge is 2.40. The van der Waals surface area contributed by atoms with E-state index in [0.29, 0.717) is 47.9 Å². The number of sulfonamides is 1.